The molecule has 5 N–H and O–H groups in total. The molecule has 0 aliphatic carbocycles. The van der Waals surface area contributed by atoms with E-state index < -0.39 is 66.5 Å². The average Bonchev–Trinajstić information content (AvgIpc) is 3.00. The largest absolute Gasteiger partial charge is 0.505 e. The van der Waals surface area contributed by atoms with Crippen molar-refractivity contribution in [2.24, 2.45) is 20.5 Å². The number of benzene rings is 5. The van der Waals surface area contributed by atoms with Gasteiger partial charge in [0.15, 0.2) is 5.75 Å². The first kappa shape index (κ1) is 37.2. The maximum Gasteiger partial charge on any atom is 0.296 e. The van der Waals surface area contributed by atoms with E-state index in [1.165, 1.54) is 55.6 Å². The molecule has 5 rings (SSSR count). The number of ether oxygens (including phenoxy) is 1. The SMILES string of the molecule is COc1cc(/N=N/c2ccc3cc(S(=O)(=O)O)cc(S(=O)(=O)O)c3c2)c(C)cc1/N=N/c1c(S(=O)(=O)O)cc2cc(NS(C)(=O)=O)ccc2c1O. The van der Waals surface area contributed by atoms with Crippen molar-refractivity contribution in [3.05, 3.63) is 72.3 Å². The lowest BCUT2D eigenvalue weighted by Crippen LogP contribution is -2.09. The summed E-state index contributed by atoms with van der Waals surface area (Å²) in [6.07, 6.45) is 0.913. The second-order valence-corrected chi connectivity index (χ2v) is 16.8. The third kappa shape index (κ3) is 8.28. The van der Waals surface area contributed by atoms with Crippen LogP contribution in [0.4, 0.5) is 28.4 Å². The van der Waals surface area contributed by atoms with Crippen LogP contribution in [0.25, 0.3) is 21.5 Å². The molecule has 18 nitrogen and oxygen atoms in total. The molecule has 5 aromatic carbocycles. The molecule has 0 heterocycles. The third-order valence-electron chi connectivity index (χ3n) is 7.11. The van der Waals surface area contributed by atoms with Crippen LogP contribution < -0.4 is 9.46 Å². The zero-order valence-corrected chi connectivity index (χ0v) is 29.5. The Morgan fingerprint density at radius 3 is 1.92 bits per heavy atom. The van der Waals surface area contributed by atoms with Crippen molar-refractivity contribution in [2.75, 3.05) is 18.1 Å². The zero-order valence-electron chi connectivity index (χ0n) is 26.2. The number of fused-ring (bicyclic) bond motifs is 2. The Morgan fingerprint density at radius 2 is 1.31 bits per heavy atom. The minimum Gasteiger partial charge on any atom is -0.505 e. The molecule has 0 aromatic heterocycles. The quantitative estimate of drug-likeness (QED) is 0.0809. The molecule has 268 valence electrons. The number of rotatable bonds is 10. The van der Waals surface area contributed by atoms with Crippen molar-refractivity contribution in [1.29, 1.82) is 0 Å². The van der Waals surface area contributed by atoms with Crippen molar-refractivity contribution in [3.63, 3.8) is 0 Å². The van der Waals surface area contributed by atoms with E-state index in [0.29, 0.717) is 11.6 Å². The highest BCUT2D eigenvalue weighted by Gasteiger charge is 2.23. The van der Waals surface area contributed by atoms with E-state index in [-0.39, 0.29) is 50.0 Å². The van der Waals surface area contributed by atoms with Gasteiger partial charge >= 0.3 is 0 Å². The average molecular weight is 780 g/mol. The van der Waals surface area contributed by atoms with E-state index in [2.05, 4.69) is 25.2 Å². The number of aryl methyl sites for hydroxylation is 1. The van der Waals surface area contributed by atoms with Crippen LogP contribution in [0.15, 0.2) is 102 Å². The van der Waals surface area contributed by atoms with Gasteiger partial charge in [0.05, 0.1) is 29.6 Å². The number of anilines is 1. The smallest absolute Gasteiger partial charge is 0.296 e. The molecule has 51 heavy (non-hydrogen) atoms. The van der Waals surface area contributed by atoms with Gasteiger partial charge in [-0.15, -0.1) is 10.2 Å². The second-order valence-electron chi connectivity index (χ2n) is 10.8. The molecule has 0 atom stereocenters. The molecular weight excluding hydrogens is 755 g/mol. The van der Waals surface area contributed by atoms with E-state index in [4.69, 9.17) is 4.74 Å². The van der Waals surface area contributed by atoms with Gasteiger partial charge in [-0.05, 0) is 77.9 Å². The molecule has 0 saturated heterocycles. The summed E-state index contributed by atoms with van der Waals surface area (Å²) in [4.78, 5) is -2.36. The minimum absolute atomic E-state index is 0.0283. The Morgan fingerprint density at radius 1 is 0.647 bits per heavy atom. The molecule has 0 fully saturated rings. The van der Waals surface area contributed by atoms with Gasteiger partial charge < -0.3 is 9.84 Å². The molecule has 0 saturated carbocycles. The Balaban J connectivity index is 1.53. The number of nitrogens with zero attached hydrogens (tertiary/aromatic N) is 4. The summed E-state index contributed by atoms with van der Waals surface area (Å²) in [5.74, 6) is -0.633. The fourth-order valence-corrected chi connectivity index (χ4v) is 7.42. The van der Waals surface area contributed by atoms with Crippen LogP contribution in [-0.4, -0.2) is 65.8 Å². The highest BCUT2D eigenvalue weighted by atomic mass is 32.2. The van der Waals surface area contributed by atoms with Gasteiger partial charge in [-0.2, -0.15) is 35.5 Å². The number of hydrogen-bond donors (Lipinski definition) is 5. The normalized spacial score (nSPS) is 13.1. The molecule has 0 radical (unpaired) electrons. The van der Waals surface area contributed by atoms with Crippen LogP contribution in [0.1, 0.15) is 5.56 Å². The number of nitrogens with one attached hydrogen (secondary N) is 1. The summed E-state index contributed by atoms with van der Waals surface area (Å²) in [6, 6.07) is 13.2. The van der Waals surface area contributed by atoms with Gasteiger partial charge in [0, 0.05) is 22.5 Å². The van der Waals surface area contributed by atoms with Gasteiger partial charge in [0.25, 0.3) is 30.4 Å². The third-order valence-corrected chi connectivity index (χ3v) is 10.3. The van der Waals surface area contributed by atoms with Gasteiger partial charge in [-0.3, -0.25) is 18.4 Å². The first-order chi connectivity index (χ1) is 23.5. The van der Waals surface area contributed by atoms with Crippen LogP contribution in [0.3, 0.4) is 0 Å². The minimum atomic E-state index is -4.99. The van der Waals surface area contributed by atoms with E-state index >= 15 is 0 Å². The maximum absolute atomic E-state index is 12.3. The molecule has 0 aliphatic heterocycles. The number of azo groups is 2. The number of phenolic OH excluding ortho intramolecular Hbond substituents is 1. The monoisotopic (exact) mass is 779 g/mol. The molecule has 22 heteroatoms. The van der Waals surface area contributed by atoms with Crippen molar-refractivity contribution in [2.45, 2.75) is 21.6 Å². The Bertz CT molecular complexity index is 2790. The highest BCUT2D eigenvalue weighted by molar-refractivity contribution is 7.92. The van der Waals surface area contributed by atoms with Gasteiger partial charge in [-0.25, -0.2) is 8.42 Å². The zero-order chi connectivity index (χ0) is 37.7. The second kappa shape index (κ2) is 13.2. The number of aromatic hydroxyl groups is 1. The number of methoxy groups -OCH3 is 1. The Hall–Kier alpha value is -5.10. The summed E-state index contributed by atoms with van der Waals surface area (Å²) in [6.45, 7) is 1.60. The first-order valence-corrected chi connectivity index (χ1v) is 20.1. The Labute approximate surface area is 290 Å². The summed E-state index contributed by atoms with van der Waals surface area (Å²) >= 11 is 0. The van der Waals surface area contributed by atoms with Gasteiger partial charge in [-0.1, -0.05) is 6.07 Å². The lowest BCUT2D eigenvalue weighted by Gasteiger charge is -2.11. The van der Waals surface area contributed by atoms with Crippen molar-refractivity contribution in [1.82, 2.24) is 0 Å². The molecule has 0 unspecified atom stereocenters. The number of phenols is 1. The van der Waals surface area contributed by atoms with Gasteiger partial charge in [0.1, 0.15) is 26.9 Å². The van der Waals surface area contributed by atoms with Crippen LogP contribution in [-0.2, 0) is 40.4 Å². The standard InChI is InChI=1S/C29H25N5O13S4/c1-15-8-24(32-33-28-27(51(44,45)46)11-17-9-19(34-48(3,36)37)6-7-21(17)29(28)35)25(47-2)14-23(15)31-30-18-5-4-16-10-20(49(38,39)40)13-26(22(16)12-18)50(41,42)43/h4-14,34-35H,1-3H3,(H,38,39,40)(H,41,42,43)(H,44,45,46)/b31-30+,33-32+. The molecule has 0 spiro atoms. The summed E-state index contributed by atoms with van der Waals surface area (Å²) in [7, 11) is -17.1. The predicted octanol–water partition coefficient (Wildman–Crippen LogP) is 5.96. The number of sulfonamides is 1. The van der Waals surface area contributed by atoms with E-state index in [1.807, 2.05) is 0 Å². The number of hydrogen-bond acceptors (Lipinski definition) is 14. The topological polar surface area (TPSA) is 288 Å². The van der Waals surface area contributed by atoms with Crippen LogP contribution in [0, 0.1) is 6.92 Å². The van der Waals surface area contributed by atoms with Crippen molar-refractivity contribution in [3.8, 4) is 11.5 Å². The molecule has 0 aliphatic rings. The molecule has 0 amide bonds. The summed E-state index contributed by atoms with van der Waals surface area (Å²) < 4.78 is 132. The van der Waals surface area contributed by atoms with Crippen LogP contribution >= 0.6 is 0 Å². The summed E-state index contributed by atoms with van der Waals surface area (Å²) in [5.41, 5.74) is 0.193. The molecule has 5 aromatic rings. The van der Waals surface area contributed by atoms with Crippen molar-refractivity contribution >= 4 is 90.4 Å². The summed E-state index contributed by atoms with van der Waals surface area (Å²) in [5, 5.41) is 27.2. The maximum atomic E-state index is 12.3. The molecule has 0 bridgehead atoms. The fourth-order valence-electron chi connectivity index (χ4n) is 4.86. The Kier molecular flexibility index (Phi) is 9.63. The highest BCUT2D eigenvalue weighted by Crippen LogP contribution is 2.43. The fraction of sp³-hybridized carbons (Fsp3) is 0.103. The van der Waals surface area contributed by atoms with E-state index in [1.54, 1.807) is 6.92 Å². The lowest BCUT2D eigenvalue weighted by molar-refractivity contribution is 0.416. The van der Waals surface area contributed by atoms with E-state index in [0.717, 1.165) is 18.4 Å². The van der Waals surface area contributed by atoms with Crippen LogP contribution in [0.5, 0.6) is 11.5 Å². The predicted molar refractivity (Wildman–Crippen MR) is 184 cm³/mol. The van der Waals surface area contributed by atoms with Crippen molar-refractivity contribution < 1.29 is 57.2 Å². The first-order valence-electron chi connectivity index (χ1n) is 13.8. The lowest BCUT2D eigenvalue weighted by atomic mass is 10.1. The molecular formula is C29H25N5O13S4. The van der Waals surface area contributed by atoms with Gasteiger partial charge in [0.2, 0.25) is 10.0 Å². The van der Waals surface area contributed by atoms with E-state index in [9.17, 15) is 52.4 Å². The van der Waals surface area contributed by atoms with Crippen LogP contribution in [0.2, 0.25) is 0 Å².